The highest BCUT2D eigenvalue weighted by atomic mass is 32.2. The summed E-state index contributed by atoms with van der Waals surface area (Å²) in [6.07, 6.45) is 27.9. The maximum Gasteiger partial charge on any atom is 0.262 e. The van der Waals surface area contributed by atoms with Crippen LogP contribution in [0.4, 0.5) is 5.69 Å². The standard InChI is InChI=1S/C42H65N3S2.2NO3/c1-5-9-10-11-12-13-14-15-16-17-18-19-20-25-34-43-37-28-21-23-30-39(37)46-41(43)32-26-33-42-44(38-29-22-24-31-40(38)47-42)35-27-36-45(6-2,7-3)8-4;2*2-1(3)4/h21-24,26,28-33H,5-20,25,27,34-36H2,1-4H3;;/q+2;2*-1. The molecular weight excluding hydrogens is 735 g/mol. The van der Waals surface area contributed by atoms with Crippen LogP contribution in [0.1, 0.15) is 129 Å². The van der Waals surface area contributed by atoms with Crippen LogP contribution in [0.5, 0.6) is 0 Å². The van der Waals surface area contributed by atoms with Crippen molar-refractivity contribution in [2.24, 2.45) is 0 Å². The predicted octanol–water partition coefficient (Wildman–Crippen LogP) is 11.9. The van der Waals surface area contributed by atoms with E-state index in [9.17, 15) is 0 Å². The molecule has 306 valence electrons. The summed E-state index contributed by atoms with van der Waals surface area (Å²) in [5, 5.41) is 32.2. The van der Waals surface area contributed by atoms with Gasteiger partial charge in [-0.15, -0.1) is 0 Å². The van der Waals surface area contributed by atoms with Gasteiger partial charge in [-0.3, -0.25) is 0 Å². The van der Waals surface area contributed by atoms with Crippen molar-refractivity contribution >= 4 is 45.1 Å². The molecule has 13 heteroatoms. The molecule has 1 aliphatic heterocycles. The molecule has 11 nitrogen and oxygen atoms in total. The first-order valence-corrected chi connectivity index (χ1v) is 22.1. The fraction of sp³-hybridized carbons (Fsp3) is 0.595. The monoisotopic (exact) mass is 799 g/mol. The molecule has 4 rings (SSSR count). The van der Waals surface area contributed by atoms with Gasteiger partial charge in [-0.1, -0.05) is 144 Å². The van der Waals surface area contributed by atoms with Gasteiger partial charge in [0.1, 0.15) is 4.70 Å². The van der Waals surface area contributed by atoms with E-state index in [1.807, 2.05) is 23.1 Å². The van der Waals surface area contributed by atoms with E-state index in [-0.39, 0.29) is 0 Å². The lowest BCUT2D eigenvalue weighted by atomic mass is 10.0. The van der Waals surface area contributed by atoms with E-state index in [1.54, 1.807) is 0 Å². The van der Waals surface area contributed by atoms with E-state index < -0.39 is 10.2 Å². The number of hydrogen-bond donors (Lipinski definition) is 0. The van der Waals surface area contributed by atoms with Gasteiger partial charge in [-0.2, -0.15) is 4.57 Å². The normalized spacial score (nSPS) is 13.1. The molecule has 0 spiro atoms. The van der Waals surface area contributed by atoms with Crippen LogP contribution < -0.4 is 9.47 Å². The van der Waals surface area contributed by atoms with E-state index in [4.69, 9.17) is 30.6 Å². The molecular formula is C42H65N5O6S2. The van der Waals surface area contributed by atoms with Crippen LogP contribution in [0.15, 0.2) is 70.6 Å². The summed E-state index contributed by atoms with van der Waals surface area (Å²) < 4.78 is 5.16. The molecule has 0 unspecified atom stereocenters. The minimum absolute atomic E-state index is 1.08. The number of quaternary nitrogens is 1. The Balaban J connectivity index is 0.00000119. The zero-order chi connectivity index (χ0) is 40.3. The van der Waals surface area contributed by atoms with Gasteiger partial charge >= 0.3 is 0 Å². The Kier molecular flexibility index (Phi) is 24.0. The Hall–Kier alpha value is -3.68. The summed E-state index contributed by atoms with van der Waals surface area (Å²) in [4.78, 5) is 20.5. The van der Waals surface area contributed by atoms with E-state index in [1.165, 1.54) is 158 Å². The minimum Gasteiger partial charge on any atom is -0.356 e. The quantitative estimate of drug-likeness (QED) is 0.0287. The van der Waals surface area contributed by atoms with Crippen LogP contribution in [0.3, 0.4) is 0 Å². The molecule has 0 aliphatic carbocycles. The third-order valence-corrected chi connectivity index (χ3v) is 12.8. The van der Waals surface area contributed by atoms with Gasteiger partial charge in [0.05, 0.1) is 53.5 Å². The van der Waals surface area contributed by atoms with Gasteiger partial charge < -0.3 is 40.0 Å². The van der Waals surface area contributed by atoms with Crippen molar-refractivity contribution in [1.82, 2.24) is 0 Å². The molecule has 0 atom stereocenters. The second-order valence-corrected chi connectivity index (χ2v) is 16.2. The van der Waals surface area contributed by atoms with Crippen molar-refractivity contribution in [2.45, 2.75) is 135 Å². The minimum atomic E-state index is -1.75. The van der Waals surface area contributed by atoms with Crippen molar-refractivity contribution < 1.29 is 19.2 Å². The van der Waals surface area contributed by atoms with Crippen LogP contribution >= 0.6 is 23.1 Å². The van der Waals surface area contributed by atoms with Gasteiger partial charge in [0, 0.05) is 23.6 Å². The number of rotatable bonds is 24. The predicted molar refractivity (Wildman–Crippen MR) is 231 cm³/mol. The molecule has 0 saturated heterocycles. The topological polar surface area (TPSA) is 140 Å². The Bertz CT molecular complexity index is 1570. The van der Waals surface area contributed by atoms with Gasteiger partial charge in [-0.25, -0.2) is 0 Å². The summed E-state index contributed by atoms with van der Waals surface area (Å²) in [6, 6.07) is 17.9. The summed E-state index contributed by atoms with van der Waals surface area (Å²) in [7, 11) is 0. The fourth-order valence-electron chi connectivity index (χ4n) is 7.20. The molecule has 0 radical (unpaired) electrons. The SMILES string of the molecule is CCCCCCCCCCCCCCCCN1/C(=C\C=C\c2sc3ccccc3[n+]2CCC[N+](CC)(CC)CC)Sc2ccccc21.O=[N+]([O-])[O-].O=[N+]([O-])[O-]. The second-order valence-electron chi connectivity index (χ2n) is 14.1. The lowest BCUT2D eigenvalue weighted by molar-refractivity contribution is -0.925. The van der Waals surface area contributed by atoms with Crippen molar-refractivity contribution in [3.8, 4) is 0 Å². The summed E-state index contributed by atoms with van der Waals surface area (Å²) in [6.45, 7) is 16.4. The highest BCUT2D eigenvalue weighted by Gasteiger charge is 2.25. The van der Waals surface area contributed by atoms with Gasteiger partial charge in [0.2, 0.25) is 5.52 Å². The van der Waals surface area contributed by atoms with Crippen LogP contribution in [0.2, 0.25) is 0 Å². The molecule has 0 bridgehead atoms. The largest absolute Gasteiger partial charge is 0.356 e. The molecule has 0 saturated carbocycles. The van der Waals surface area contributed by atoms with Gasteiger partial charge in [0.25, 0.3) is 5.01 Å². The molecule has 1 aromatic heterocycles. The number of nitrogens with zero attached hydrogens (tertiary/aromatic N) is 5. The lowest BCUT2D eigenvalue weighted by Gasteiger charge is -2.35. The number of hydrogen-bond acceptors (Lipinski definition) is 9. The number of aryl methyl sites for hydroxylation is 1. The number of anilines is 1. The molecule has 55 heavy (non-hydrogen) atoms. The van der Waals surface area contributed by atoms with E-state index >= 15 is 0 Å². The van der Waals surface area contributed by atoms with Crippen molar-refractivity contribution in [3.63, 3.8) is 0 Å². The summed E-state index contributed by atoms with van der Waals surface area (Å²) >= 11 is 3.85. The van der Waals surface area contributed by atoms with Crippen molar-refractivity contribution in [3.05, 3.63) is 101 Å². The first-order chi connectivity index (χ1) is 26.6. The second kappa shape index (κ2) is 27.8. The molecule has 3 aromatic rings. The first-order valence-electron chi connectivity index (χ1n) is 20.4. The molecule has 2 heterocycles. The summed E-state index contributed by atoms with van der Waals surface area (Å²) in [5.41, 5.74) is 2.75. The third kappa shape index (κ3) is 18.2. The number of unbranched alkanes of at least 4 members (excludes halogenated alkanes) is 13. The highest BCUT2D eigenvalue weighted by Crippen LogP contribution is 2.46. The van der Waals surface area contributed by atoms with Crippen molar-refractivity contribution in [2.75, 3.05) is 37.6 Å². The zero-order valence-corrected chi connectivity index (χ0v) is 35.3. The Labute approximate surface area is 337 Å². The fourth-order valence-corrected chi connectivity index (χ4v) is 9.40. The molecule has 2 aromatic carbocycles. The van der Waals surface area contributed by atoms with Gasteiger partial charge in [0.15, 0.2) is 6.54 Å². The van der Waals surface area contributed by atoms with Crippen molar-refractivity contribution in [1.29, 1.82) is 0 Å². The number of benzene rings is 2. The average Bonchev–Trinajstić information content (AvgIpc) is 3.70. The van der Waals surface area contributed by atoms with E-state index in [0.717, 1.165) is 13.1 Å². The van der Waals surface area contributed by atoms with E-state index in [0.29, 0.717) is 0 Å². The Morgan fingerprint density at radius 1 is 0.691 bits per heavy atom. The molecule has 0 amide bonds. The van der Waals surface area contributed by atoms with Gasteiger partial charge in [-0.05, 0) is 51.5 Å². The number of allylic oxidation sites excluding steroid dienone is 2. The number of para-hydroxylation sites is 2. The van der Waals surface area contributed by atoms with E-state index in [2.05, 4.69) is 104 Å². The smallest absolute Gasteiger partial charge is 0.262 e. The molecule has 0 fully saturated rings. The lowest BCUT2D eigenvalue weighted by Crippen LogP contribution is -2.49. The molecule has 0 N–H and O–H groups in total. The number of aromatic nitrogens is 1. The molecule has 1 aliphatic rings. The number of thiazole rings is 1. The first kappa shape index (κ1) is 47.5. The Morgan fingerprint density at radius 3 is 1.76 bits per heavy atom. The average molecular weight is 800 g/mol. The zero-order valence-electron chi connectivity index (χ0n) is 33.7. The van der Waals surface area contributed by atoms with Crippen LogP contribution in [0.25, 0.3) is 16.3 Å². The maximum atomic E-state index is 8.25. The van der Waals surface area contributed by atoms with Crippen LogP contribution in [-0.2, 0) is 6.54 Å². The maximum absolute atomic E-state index is 8.25. The third-order valence-electron chi connectivity index (χ3n) is 10.5. The van der Waals surface area contributed by atoms with Crippen LogP contribution in [0, 0.1) is 30.6 Å². The number of thioether (sulfide) groups is 1. The summed E-state index contributed by atoms with van der Waals surface area (Å²) in [5.74, 6) is 0. The Morgan fingerprint density at radius 2 is 1.20 bits per heavy atom. The van der Waals surface area contributed by atoms with Crippen LogP contribution in [-0.4, -0.2) is 47.4 Å². The number of fused-ring (bicyclic) bond motifs is 2. The highest BCUT2D eigenvalue weighted by molar-refractivity contribution is 8.03.